The molecule has 0 aromatic heterocycles. The van der Waals surface area contributed by atoms with Crippen molar-refractivity contribution in [2.45, 2.75) is 58.9 Å². The molecule has 2 aromatic carbocycles. The number of amides is 1. The molecular weight excluding hydrogens is 392 g/mol. The van der Waals surface area contributed by atoms with Crippen LogP contribution in [0.3, 0.4) is 0 Å². The molecule has 0 saturated carbocycles. The molecule has 1 heterocycles. The van der Waals surface area contributed by atoms with E-state index >= 15 is 0 Å². The highest BCUT2D eigenvalue weighted by Crippen LogP contribution is 2.44. The molecule has 1 aliphatic rings. The summed E-state index contributed by atoms with van der Waals surface area (Å²) < 4.78 is 0. The van der Waals surface area contributed by atoms with Crippen molar-refractivity contribution in [2.75, 3.05) is 11.4 Å². The van der Waals surface area contributed by atoms with E-state index in [1.165, 1.54) is 35.5 Å². The molecule has 0 radical (unpaired) electrons. The van der Waals surface area contributed by atoms with Gasteiger partial charge in [-0.2, -0.15) is 5.10 Å². The number of anilines is 1. The van der Waals surface area contributed by atoms with Crippen LogP contribution in [0.5, 0.6) is 0 Å². The van der Waals surface area contributed by atoms with E-state index < -0.39 is 10.8 Å². The van der Waals surface area contributed by atoms with Gasteiger partial charge >= 0.3 is 0 Å². The fourth-order valence-corrected chi connectivity index (χ4v) is 4.42. The Balaban J connectivity index is 1.82. The minimum absolute atomic E-state index is 0.108. The molecule has 0 bridgehead atoms. The minimum atomic E-state index is -0.527. The number of fused-ring (bicyclic) bond motifs is 1. The second-order valence-electron chi connectivity index (χ2n) is 8.84. The maximum absolute atomic E-state index is 12.3. The Morgan fingerprint density at radius 1 is 1.35 bits per heavy atom. The van der Waals surface area contributed by atoms with Crippen LogP contribution in [0.25, 0.3) is 0 Å². The molecule has 7 heteroatoms. The summed E-state index contributed by atoms with van der Waals surface area (Å²) in [5.41, 5.74) is 7.25. The van der Waals surface area contributed by atoms with Gasteiger partial charge in [-0.15, -0.1) is 0 Å². The molecule has 1 N–H and O–H groups in total. The van der Waals surface area contributed by atoms with Crippen molar-refractivity contribution >= 4 is 23.5 Å². The number of hydrazone groups is 1. The number of carbonyl (C=O) groups is 1. The van der Waals surface area contributed by atoms with Gasteiger partial charge in [0.2, 0.25) is 0 Å². The van der Waals surface area contributed by atoms with Crippen LogP contribution in [0.15, 0.2) is 41.5 Å². The highest BCUT2D eigenvalue weighted by Gasteiger charge is 2.36. The Bertz CT molecular complexity index is 1030. The number of non-ortho nitro benzene ring substituents is 1. The first kappa shape index (κ1) is 22.5. The zero-order chi connectivity index (χ0) is 22.8. The summed E-state index contributed by atoms with van der Waals surface area (Å²) in [5, 5.41) is 15.0. The van der Waals surface area contributed by atoms with E-state index in [9.17, 15) is 14.9 Å². The predicted molar refractivity (Wildman–Crippen MR) is 124 cm³/mol. The summed E-state index contributed by atoms with van der Waals surface area (Å²) in [7, 11) is 0. The highest BCUT2D eigenvalue weighted by atomic mass is 16.6. The number of carbonyl (C=O) groups excluding carboxylic acids is 1. The van der Waals surface area contributed by atoms with Gasteiger partial charge < -0.3 is 4.90 Å². The molecule has 7 nitrogen and oxygen atoms in total. The monoisotopic (exact) mass is 422 g/mol. The van der Waals surface area contributed by atoms with Crippen molar-refractivity contribution < 1.29 is 9.72 Å². The lowest BCUT2D eigenvalue weighted by atomic mass is 9.79. The lowest BCUT2D eigenvalue weighted by molar-refractivity contribution is -0.384. The van der Waals surface area contributed by atoms with E-state index in [4.69, 9.17) is 0 Å². The topological polar surface area (TPSA) is 87.8 Å². The zero-order valence-electron chi connectivity index (χ0n) is 18.8. The number of benzene rings is 2. The van der Waals surface area contributed by atoms with E-state index in [1.54, 1.807) is 6.21 Å². The summed E-state index contributed by atoms with van der Waals surface area (Å²) in [5.74, 6) is -0.0647. The van der Waals surface area contributed by atoms with Crippen LogP contribution in [0.4, 0.5) is 11.4 Å². The van der Waals surface area contributed by atoms with Crippen molar-refractivity contribution in [3.05, 3.63) is 68.8 Å². The van der Waals surface area contributed by atoms with Gasteiger partial charge in [-0.05, 0) is 74.4 Å². The van der Waals surface area contributed by atoms with Crippen LogP contribution < -0.4 is 10.3 Å². The summed E-state index contributed by atoms with van der Waals surface area (Å²) in [6.45, 7) is 12.1. The number of rotatable bonds is 6. The zero-order valence-corrected chi connectivity index (χ0v) is 18.8. The first-order valence-corrected chi connectivity index (χ1v) is 10.6. The van der Waals surface area contributed by atoms with Gasteiger partial charge in [-0.3, -0.25) is 14.9 Å². The third-order valence-electron chi connectivity index (χ3n) is 5.91. The average molecular weight is 423 g/mol. The smallest absolute Gasteiger partial charge is 0.271 e. The number of nitrogens with one attached hydrogen (secondary N) is 1. The van der Waals surface area contributed by atoms with Crippen molar-refractivity contribution in [3.63, 3.8) is 0 Å². The van der Waals surface area contributed by atoms with E-state index in [0.29, 0.717) is 5.92 Å². The van der Waals surface area contributed by atoms with Crippen molar-refractivity contribution in [1.82, 2.24) is 5.43 Å². The molecule has 0 saturated heterocycles. The molecule has 3 rings (SSSR count). The van der Waals surface area contributed by atoms with Crippen molar-refractivity contribution in [2.24, 2.45) is 5.10 Å². The van der Waals surface area contributed by atoms with Crippen molar-refractivity contribution in [3.8, 4) is 0 Å². The first-order chi connectivity index (χ1) is 14.6. The Hall–Kier alpha value is -3.22. The van der Waals surface area contributed by atoms with E-state index in [2.05, 4.69) is 55.3 Å². The predicted octanol–water partition coefficient (Wildman–Crippen LogP) is 5.17. The van der Waals surface area contributed by atoms with Crippen LogP contribution in [0, 0.1) is 17.0 Å². The largest absolute Gasteiger partial charge is 0.366 e. The maximum Gasteiger partial charge on any atom is 0.271 e. The molecule has 2 aromatic rings. The van der Waals surface area contributed by atoms with Gasteiger partial charge in [-0.1, -0.05) is 19.9 Å². The summed E-state index contributed by atoms with van der Waals surface area (Å²) in [6.07, 6.45) is 3.80. The van der Waals surface area contributed by atoms with Crippen LogP contribution in [-0.2, 0) is 0 Å². The van der Waals surface area contributed by atoms with Gasteiger partial charge in [0, 0.05) is 35.5 Å². The van der Waals surface area contributed by atoms with Gasteiger partial charge in [0.05, 0.1) is 11.1 Å². The van der Waals surface area contributed by atoms with Gasteiger partial charge in [0.1, 0.15) is 0 Å². The number of nitro benzene ring substituents is 1. The first-order valence-electron chi connectivity index (χ1n) is 10.6. The second-order valence-corrected chi connectivity index (χ2v) is 8.84. The molecule has 1 aliphatic heterocycles. The lowest BCUT2D eigenvalue weighted by Crippen LogP contribution is -2.48. The van der Waals surface area contributed by atoms with Gasteiger partial charge in [0.25, 0.3) is 11.6 Å². The number of nitrogens with zero attached hydrogens (tertiary/aromatic N) is 3. The average Bonchev–Trinajstić information content (AvgIpc) is 2.71. The van der Waals surface area contributed by atoms with Gasteiger partial charge in [0.15, 0.2) is 0 Å². The molecule has 0 fully saturated rings. The fraction of sp³-hybridized carbons (Fsp3) is 0.417. The number of hydrogen-bond donors (Lipinski definition) is 1. The number of nitro groups is 1. The Labute approximate surface area is 183 Å². The Morgan fingerprint density at radius 3 is 2.77 bits per heavy atom. The molecule has 31 heavy (non-hydrogen) atoms. The van der Waals surface area contributed by atoms with E-state index in [1.807, 2.05) is 6.92 Å². The third-order valence-corrected chi connectivity index (χ3v) is 5.91. The maximum atomic E-state index is 12.3. The standard InChI is InChI=1S/C24H30N4O3/c1-6-10-27-22-11-16(2)19(13-21(22)17(3)14-24(27,4)5)15-25-26-23(29)18-8-7-9-20(12-18)28(30)31/h7-9,11-13,15,17H,6,10,14H2,1-5H3,(H,26,29)/b25-15-. The normalized spacial score (nSPS) is 17.5. The van der Waals surface area contributed by atoms with E-state index in [0.717, 1.165) is 30.5 Å². The molecule has 1 atom stereocenters. The molecular formula is C24H30N4O3. The Morgan fingerprint density at radius 2 is 2.10 bits per heavy atom. The number of aryl methyl sites for hydroxylation is 1. The fourth-order valence-electron chi connectivity index (χ4n) is 4.42. The van der Waals surface area contributed by atoms with Crippen LogP contribution in [-0.4, -0.2) is 29.1 Å². The minimum Gasteiger partial charge on any atom is -0.366 e. The SMILES string of the molecule is CCCN1c2cc(C)c(/C=N\NC(=O)c3cccc([N+](=O)[O-])c3)cc2C(C)CC1(C)C. The molecule has 1 amide bonds. The Kier molecular flexibility index (Phi) is 6.43. The van der Waals surface area contributed by atoms with E-state index in [-0.39, 0.29) is 16.8 Å². The molecule has 1 unspecified atom stereocenters. The molecule has 164 valence electrons. The molecule has 0 spiro atoms. The summed E-state index contributed by atoms with van der Waals surface area (Å²) in [6, 6.07) is 9.97. The second kappa shape index (κ2) is 8.88. The summed E-state index contributed by atoms with van der Waals surface area (Å²) >= 11 is 0. The van der Waals surface area contributed by atoms with Crippen LogP contribution in [0.2, 0.25) is 0 Å². The van der Waals surface area contributed by atoms with Gasteiger partial charge in [-0.25, -0.2) is 5.43 Å². The lowest BCUT2D eigenvalue weighted by Gasteiger charge is -2.48. The summed E-state index contributed by atoms with van der Waals surface area (Å²) in [4.78, 5) is 25.2. The quantitative estimate of drug-likeness (QED) is 0.395. The number of hydrogen-bond acceptors (Lipinski definition) is 5. The van der Waals surface area contributed by atoms with Crippen molar-refractivity contribution in [1.29, 1.82) is 0 Å². The van der Waals surface area contributed by atoms with Crippen LogP contribution >= 0.6 is 0 Å². The third kappa shape index (κ3) is 4.76. The van der Waals surface area contributed by atoms with Crippen LogP contribution in [0.1, 0.15) is 73.5 Å². The highest BCUT2D eigenvalue weighted by molar-refractivity contribution is 5.95. The molecule has 0 aliphatic carbocycles.